The molecule has 1 saturated heterocycles. The minimum absolute atomic E-state index is 0.00360. The van der Waals surface area contributed by atoms with Crippen molar-refractivity contribution in [3.63, 3.8) is 0 Å². The van der Waals surface area contributed by atoms with Crippen LogP contribution in [0.5, 0.6) is 5.75 Å². The monoisotopic (exact) mass is 415 g/mol. The molecule has 158 valence electrons. The van der Waals surface area contributed by atoms with E-state index in [0.29, 0.717) is 17.7 Å². The second-order valence-corrected chi connectivity index (χ2v) is 8.92. The number of fused-ring (bicyclic) bond motifs is 4. The van der Waals surface area contributed by atoms with Crippen molar-refractivity contribution in [1.82, 2.24) is 14.0 Å². The Morgan fingerprint density at radius 3 is 2.48 bits per heavy atom. The lowest BCUT2D eigenvalue weighted by Crippen LogP contribution is -2.39. The number of aryl methyl sites for hydroxylation is 2. The van der Waals surface area contributed by atoms with Gasteiger partial charge in [0, 0.05) is 35.8 Å². The number of pyridine rings is 2. The summed E-state index contributed by atoms with van der Waals surface area (Å²) in [6, 6.07) is 11.5. The van der Waals surface area contributed by atoms with E-state index in [2.05, 4.69) is 11.0 Å². The van der Waals surface area contributed by atoms with Crippen LogP contribution in [0.25, 0.3) is 32.6 Å². The Labute approximate surface area is 179 Å². The van der Waals surface area contributed by atoms with Gasteiger partial charge in [-0.25, -0.2) is 0 Å². The number of benzene rings is 2. The molecule has 2 aromatic carbocycles. The highest BCUT2D eigenvalue weighted by Gasteiger charge is 2.30. The second-order valence-electron chi connectivity index (χ2n) is 8.92. The van der Waals surface area contributed by atoms with Gasteiger partial charge in [0.25, 0.3) is 11.1 Å². The largest absolute Gasteiger partial charge is 0.487 e. The number of hydrogen-bond donors (Lipinski definition) is 0. The van der Waals surface area contributed by atoms with Gasteiger partial charge < -0.3 is 14.2 Å². The zero-order chi connectivity index (χ0) is 21.3. The van der Waals surface area contributed by atoms with Crippen molar-refractivity contribution in [2.45, 2.75) is 25.8 Å². The molecule has 4 aromatic rings. The van der Waals surface area contributed by atoms with Crippen LogP contribution in [0.2, 0.25) is 0 Å². The lowest BCUT2D eigenvalue weighted by molar-refractivity contribution is 0.186. The average molecular weight is 415 g/mol. The van der Waals surface area contributed by atoms with Crippen LogP contribution in [0.3, 0.4) is 0 Å². The molecule has 1 atom stereocenters. The van der Waals surface area contributed by atoms with Gasteiger partial charge in [-0.15, -0.1) is 0 Å². The lowest BCUT2D eigenvalue weighted by atomic mass is 9.99. The molecule has 0 bridgehead atoms. The van der Waals surface area contributed by atoms with E-state index in [1.807, 2.05) is 35.8 Å². The minimum atomic E-state index is -0.0527. The van der Waals surface area contributed by atoms with Crippen molar-refractivity contribution in [2.75, 3.05) is 26.2 Å². The Kier molecular flexibility index (Phi) is 4.02. The van der Waals surface area contributed by atoms with Crippen LogP contribution < -0.4 is 15.9 Å². The molecule has 6 nitrogen and oxygen atoms in total. The Hall–Kier alpha value is -3.12. The Morgan fingerprint density at radius 1 is 0.968 bits per heavy atom. The number of rotatable bonds is 2. The van der Waals surface area contributed by atoms with Gasteiger partial charge in [0.05, 0.1) is 17.1 Å². The topological polar surface area (TPSA) is 56.5 Å². The van der Waals surface area contributed by atoms with Gasteiger partial charge in [-0.3, -0.25) is 14.2 Å². The van der Waals surface area contributed by atoms with E-state index < -0.39 is 0 Å². The highest BCUT2D eigenvalue weighted by molar-refractivity contribution is 6.14. The zero-order valence-corrected chi connectivity index (χ0v) is 17.9. The number of aromatic nitrogens is 2. The summed E-state index contributed by atoms with van der Waals surface area (Å²) in [5.41, 5.74) is 2.46. The van der Waals surface area contributed by atoms with Gasteiger partial charge in [0.15, 0.2) is 5.75 Å². The van der Waals surface area contributed by atoms with E-state index in [1.165, 1.54) is 12.8 Å². The first-order valence-corrected chi connectivity index (χ1v) is 11.0. The summed E-state index contributed by atoms with van der Waals surface area (Å²) in [5.74, 6) is 0.649. The zero-order valence-electron chi connectivity index (χ0n) is 17.9. The second kappa shape index (κ2) is 6.69. The summed E-state index contributed by atoms with van der Waals surface area (Å²) >= 11 is 0. The first kappa shape index (κ1) is 18.6. The number of hydrogen-bond acceptors (Lipinski definition) is 4. The molecular weight excluding hydrogens is 390 g/mol. The third kappa shape index (κ3) is 2.61. The van der Waals surface area contributed by atoms with Crippen LogP contribution in [0.4, 0.5) is 0 Å². The Bertz CT molecular complexity index is 1490. The predicted molar refractivity (Wildman–Crippen MR) is 123 cm³/mol. The van der Waals surface area contributed by atoms with Gasteiger partial charge >= 0.3 is 0 Å². The van der Waals surface area contributed by atoms with Crippen molar-refractivity contribution >= 4 is 32.6 Å². The highest BCUT2D eigenvalue weighted by atomic mass is 16.5. The fraction of sp³-hybridized carbons (Fsp3) is 0.360. The van der Waals surface area contributed by atoms with E-state index >= 15 is 0 Å². The molecule has 2 aliphatic heterocycles. The number of nitrogens with zero attached hydrogens (tertiary/aromatic N) is 3. The lowest BCUT2D eigenvalue weighted by Gasteiger charge is -2.32. The molecule has 6 heteroatoms. The smallest absolute Gasteiger partial charge is 0.258 e. The SMILES string of the molecule is Cc1cc(=O)n2c3c(c4c(cc13)c1ccccc1c(=O)n4C)OCC2CN1CCCC1. The van der Waals surface area contributed by atoms with E-state index in [-0.39, 0.29) is 17.2 Å². The first-order chi connectivity index (χ1) is 15.0. The number of likely N-dealkylation sites (tertiary alicyclic amines) is 1. The van der Waals surface area contributed by atoms with Crippen molar-refractivity contribution in [3.05, 3.63) is 62.7 Å². The van der Waals surface area contributed by atoms with Gasteiger partial charge in [0.2, 0.25) is 0 Å². The third-order valence-corrected chi connectivity index (χ3v) is 7.01. The molecule has 1 unspecified atom stereocenters. The van der Waals surface area contributed by atoms with E-state index in [9.17, 15) is 9.59 Å². The van der Waals surface area contributed by atoms with Crippen molar-refractivity contribution < 1.29 is 4.74 Å². The molecular formula is C25H25N3O3. The first-order valence-electron chi connectivity index (χ1n) is 11.0. The van der Waals surface area contributed by atoms with Crippen LogP contribution in [-0.4, -0.2) is 40.3 Å². The maximum Gasteiger partial charge on any atom is 0.258 e. The Morgan fingerprint density at radius 2 is 1.71 bits per heavy atom. The van der Waals surface area contributed by atoms with Crippen LogP contribution in [0.1, 0.15) is 24.4 Å². The van der Waals surface area contributed by atoms with Gasteiger partial charge in [-0.1, -0.05) is 18.2 Å². The van der Waals surface area contributed by atoms with Gasteiger partial charge in [0.1, 0.15) is 6.61 Å². The summed E-state index contributed by atoms with van der Waals surface area (Å²) < 4.78 is 9.97. The maximum absolute atomic E-state index is 13.2. The normalized spacial score (nSPS) is 18.8. The quantitative estimate of drug-likeness (QED) is 0.372. The predicted octanol–water partition coefficient (Wildman–Crippen LogP) is 3.34. The summed E-state index contributed by atoms with van der Waals surface area (Å²) in [4.78, 5) is 28.7. The molecule has 0 saturated carbocycles. The summed E-state index contributed by atoms with van der Waals surface area (Å²) in [5, 5.41) is 3.60. The molecule has 0 amide bonds. The minimum Gasteiger partial charge on any atom is -0.487 e. The van der Waals surface area contributed by atoms with Crippen LogP contribution in [0.15, 0.2) is 46.0 Å². The summed E-state index contributed by atoms with van der Waals surface area (Å²) in [7, 11) is 1.79. The van der Waals surface area contributed by atoms with Crippen molar-refractivity contribution in [2.24, 2.45) is 7.05 Å². The van der Waals surface area contributed by atoms with Crippen LogP contribution in [0, 0.1) is 6.92 Å². The molecule has 31 heavy (non-hydrogen) atoms. The van der Waals surface area contributed by atoms with Crippen LogP contribution in [-0.2, 0) is 7.05 Å². The van der Waals surface area contributed by atoms with Gasteiger partial charge in [-0.05, 0) is 55.9 Å². The van der Waals surface area contributed by atoms with E-state index in [0.717, 1.165) is 52.4 Å². The molecule has 0 aliphatic carbocycles. The molecule has 6 rings (SSSR count). The average Bonchev–Trinajstić information content (AvgIpc) is 3.28. The molecule has 0 spiro atoms. The van der Waals surface area contributed by atoms with E-state index in [4.69, 9.17) is 4.74 Å². The molecule has 0 N–H and O–H groups in total. The number of ether oxygens (including phenoxy) is 1. The van der Waals surface area contributed by atoms with Crippen molar-refractivity contribution in [1.29, 1.82) is 0 Å². The summed E-state index contributed by atoms with van der Waals surface area (Å²) in [6.07, 6.45) is 2.42. The van der Waals surface area contributed by atoms with E-state index in [1.54, 1.807) is 17.7 Å². The fourth-order valence-electron chi connectivity index (χ4n) is 5.50. The molecule has 2 aliphatic rings. The van der Waals surface area contributed by atoms with Crippen LogP contribution >= 0.6 is 0 Å². The third-order valence-electron chi connectivity index (χ3n) is 7.01. The maximum atomic E-state index is 13.2. The molecule has 4 heterocycles. The standard InChI is InChI=1S/C25H25N3O3/c1-15-11-21(29)28-16(13-27-9-5-6-10-27)14-31-24-22-20(12-19(15)23(24)28)17-7-3-4-8-18(17)25(30)26(22)2/h3-4,7-8,11-12,16H,5-6,9-10,13-14H2,1-2H3. The van der Waals surface area contributed by atoms with Crippen molar-refractivity contribution in [3.8, 4) is 5.75 Å². The molecule has 2 aromatic heterocycles. The fourth-order valence-corrected chi connectivity index (χ4v) is 5.50. The Balaban J connectivity index is 1.73. The highest BCUT2D eigenvalue weighted by Crippen LogP contribution is 2.40. The summed E-state index contributed by atoms with van der Waals surface area (Å²) in [6.45, 7) is 5.37. The molecule has 0 radical (unpaired) electrons. The van der Waals surface area contributed by atoms with Gasteiger partial charge in [-0.2, -0.15) is 0 Å². The molecule has 1 fully saturated rings.